The lowest BCUT2D eigenvalue weighted by Crippen LogP contribution is -2.34. The van der Waals surface area contributed by atoms with Gasteiger partial charge in [-0.2, -0.15) is 0 Å². The second-order valence-electron chi connectivity index (χ2n) is 4.97. The van der Waals surface area contributed by atoms with Gasteiger partial charge < -0.3 is 10.5 Å². The average Bonchev–Trinajstić information content (AvgIpc) is 2.58. The first-order valence-corrected chi connectivity index (χ1v) is 6.96. The number of hydrogen-bond acceptors (Lipinski definition) is 4. The SMILES string of the molecule is COc1ccc(C(=O)Nn2c(N)cc3ccccc3c2=O)cc1. The van der Waals surface area contributed by atoms with Gasteiger partial charge in [-0.25, -0.2) is 4.68 Å². The summed E-state index contributed by atoms with van der Waals surface area (Å²) in [5.74, 6) is 0.372. The number of fused-ring (bicyclic) bond motifs is 1. The van der Waals surface area contributed by atoms with Crippen molar-refractivity contribution in [3.63, 3.8) is 0 Å². The van der Waals surface area contributed by atoms with Crippen molar-refractivity contribution < 1.29 is 9.53 Å². The molecule has 0 bridgehead atoms. The number of nitrogens with zero attached hydrogens (tertiary/aromatic N) is 1. The molecule has 1 heterocycles. The van der Waals surface area contributed by atoms with Gasteiger partial charge in [0, 0.05) is 10.9 Å². The lowest BCUT2D eigenvalue weighted by atomic mass is 10.2. The third-order valence-electron chi connectivity index (χ3n) is 3.52. The van der Waals surface area contributed by atoms with Gasteiger partial charge in [0.25, 0.3) is 11.5 Å². The summed E-state index contributed by atoms with van der Waals surface area (Å²) in [4.78, 5) is 24.8. The Labute approximate surface area is 132 Å². The molecule has 1 aromatic heterocycles. The van der Waals surface area contributed by atoms with Crippen LogP contribution in [0.5, 0.6) is 5.75 Å². The van der Waals surface area contributed by atoms with Crippen LogP contribution in [0, 0.1) is 0 Å². The summed E-state index contributed by atoms with van der Waals surface area (Å²) < 4.78 is 6.10. The van der Waals surface area contributed by atoms with E-state index in [2.05, 4.69) is 5.43 Å². The number of aromatic nitrogens is 1. The van der Waals surface area contributed by atoms with Crippen LogP contribution in [-0.4, -0.2) is 17.7 Å². The number of carbonyl (C=O) groups excluding carboxylic acids is 1. The quantitative estimate of drug-likeness (QED) is 0.774. The molecule has 3 N–H and O–H groups in total. The minimum Gasteiger partial charge on any atom is -0.497 e. The zero-order chi connectivity index (χ0) is 16.4. The van der Waals surface area contributed by atoms with Gasteiger partial charge in [-0.15, -0.1) is 0 Å². The molecule has 0 aliphatic rings. The number of nitrogen functional groups attached to an aromatic ring is 1. The molecule has 3 rings (SSSR count). The molecule has 116 valence electrons. The first kappa shape index (κ1) is 14.6. The fourth-order valence-corrected chi connectivity index (χ4v) is 2.30. The van der Waals surface area contributed by atoms with E-state index in [4.69, 9.17) is 10.5 Å². The van der Waals surface area contributed by atoms with Crippen molar-refractivity contribution >= 4 is 22.5 Å². The third-order valence-corrected chi connectivity index (χ3v) is 3.52. The highest BCUT2D eigenvalue weighted by molar-refractivity contribution is 6.00. The van der Waals surface area contributed by atoms with Crippen LogP contribution in [0.2, 0.25) is 0 Å². The van der Waals surface area contributed by atoms with Crippen LogP contribution in [0.1, 0.15) is 10.4 Å². The van der Waals surface area contributed by atoms with Crippen LogP contribution in [-0.2, 0) is 0 Å². The molecule has 2 aromatic carbocycles. The van der Waals surface area contributed by atoms with Gasteiger partial charge in [0.1, 0.15) is 11.6 Å². The molecule has 23 heavy (non-hydrogen) atoms. The number of nitrogens with two attached hydrogens (primary N) is 1. The first-order valence-electron chi connectivity index (χ1n) is 6.96. The highest BCUT2D eigenvalue weighted by atomic mass is 16.5. The van der Waals surface area contributed by atoms with Crippen LogP contribution in [0.15, 0.2) is 59.4 Å². The maximum absolute atomic E-state index is 12.5. The fraction of sp³-hybridized carbons (Fsp3) is 0.0588. The number of pyridine rings is 1. The van der Waals surface area contributed by atoms with Crippen LogP contribution in [0.3, 0.4) is 0 Å². The molecule has 0 aliphatic heterocycles. The Bertz CT molecular complexity index is 930. The predicted molar refractivity (Wildman–Crippen MR) is 89.3 cm³/mol. The van der Waals surface area contributed by atoms with Gasteiger partial charge in [-0.3, -0.25) is 15.0 Å². The van der Waals surface area contributed by atoms with Crippen molar-refractivity contribution in [1.82, 2.24) is 4.68 Å². The Kier molecular flexibility index (Phi) is 3.72. The van der Waals surface area contributed by atoms with E-state index in [1.807, 2.05) is 6.07 Å². The van der Waals surface area contributed by atoms with Crippen molar-refractivity contribution in [2.45, 2.75) is 0 Å². The summed E-state index contributed by atoms with van der Waals surface area (Å²) in [7, 11) is 1.55. The molecular formula is C17H15N3O3. The molecule has 0 radical (unpaired) electrons. The molecule has 0 saturated carbocycles. The number of hydrogen-bond donors (Lipinski definition) is 2. The van der Waals surface area contributed by atoms with E-state index in [1.165, 1.54) is 0 Å². The normalized spacial score (nSPS) is 10.5. The molecule has 0 saturated heterocycles. The Morgan fingerprint density at radius 1 is 1.13 bits per heavy atom. The smallest absolute Gasteiger partial charge is 0.278 e. The molecule has 0 fully saturated rings. The van der Waals surface area contributed by atoms with Crippen LogP contribution in [0.4, 0.5) is 5.82 Å². The van der Waals surface area contributed by atoms with E-state index < -0.39 is 5.91 Å². The molecule has 6 nitrogen and oxygen atoms in total. The molecule has 3 aromatic rings. The van der Waals surface area contributed by atoms with Crippen molar-refractivity contribution in [3.8, 4) is 5.75 Å². The van der Waals surface area contributed by atoms with Crippen molar-refractivity contribution in [2.75, 3.05) is 18.3 Å². The molecular weight excluding hydrogens is 294 g/mol. The van der Waals surface area contributed by atoms with Gasteiger partial charge in [-0.1, -0.05) is 18.2 Å². The van der Waals surface area contributed by atoms with E-state index in [9.17, 15) is 9.59 Å². The lowest BCUT2D eigenvalue weighted by molar-refractivity contribution is 0.101. The number of rotatable bonds is 3. The molecule has 0 atom stereocenters. The summed E-state index contributed by atoms with van der Waals surface area (Å²) in [5, 5.41) is 1.21. The number of anilines is 1. The molecule has 0 spiro atoms. The predicted octanol–water partition coefficient (Wildman–Crippen LogP) is 1.98. The number of benzene rings is 2. The Balaban J connectivity index is 1.97. The minimum absolute atomic E-state index is 0.163. The second kappa shape index (κ2) is 5.84. The minimum atomic E-state index is -0.434. The summed E-state index contributed by atoms with van der Waals surface area (Å²) >= 11 is 0. The number of nitrogens with one attached hydrogen (secondary N) is 1. The van der Waals surface area contributed by atoms with Crippen molar-refractivity contribution in [2.24, 2.45) is 0 Å². The number of amides is 1. The van der Waals surface area contributed by atoms with E-state index in [0.29, 0.717) is 16.7 Å². The van der Waals surface area contributed by atoms with Gasteiger partial charge in [0.05, 0.1) is 7.11 Å². The van der Waals surface area contributed by atoms with Gasteiger partial charge in [0.2, 0.25) is 0 Å². The van der Waals surface area contributed by atoms with Gasteiger partial charge in [-0.05, 0) is 41.8 Å². The standard InChI is InChI=1S/C17H15N3O3/c1-23-13-8-6-11(7-9-13)16(21)19-20-15(18)10-12-4-2-3-5-14(12)17(20)22/h2-10H,18H2,1H3,(H,19,21). The fourth-order valence-electron chi connectivity index (χ4n) is 2.30. The highest BCUT2D eigenvalue weighted by Crippen LogP contribution is 2.14. The Morgan fingerprint density at radius 3 is 2.52 bits per heavy atom. The number of methoxy groups -OCH3 is 1. The summed E-state index contributed by atoms with van der Waals surface area (Å²) in [6, 6.07) is 15.3. The van der Waals surface area contributed by atoms with Crippen LogP contribution in [0.25, 0.3) is 10.8 Å². The van der Waals surface area contributed by atoms with Crippen LogP contribution >= 0.6 is 0 Å². The Morgan fingerprint density at radius 2 is 1.83 bits per heavy atom. The third kappa shape index (κ3) is 2.74. The maximum atomic E-state index is 12.5. The largest absolute Gasteiger partial charge is 0.497 e. The summed E-state index contributed by atoms with van der Waals surface area (Å²) in [5.41, 5.74) is 8.43. The lowest BCUT2D eigenvalue weighted by Gasteiger charge is -2.12. The molecule has 0 aliphatic carbocycles. The molecule has 1 amide bonds. The van der Waals surface area contributed by atoms with Crippen molar-refractivity contribution in [1.29, 1.82) is 0 Å². The highest BCUT2D eigenvalue weighted by Gasteiger charge is 2.11. The summed E-state index contributed by atoms with van der Waals surface area (Å²) in [6.45, 7) is 0. The second-order valence-corrected chi connectivity index (χ2v) is 4.97. The maximum Gasteiger partial charge on any atom is 0.278 e. The number of ether oxygens (including phenoxy) is 1. The molecule has 0 unspecified atom stereocenters. The number of carbonyl (C=O) groups is 1. The molecule has 6 heteroatoms. The Hall–Kier alpha value is -3.28. The van der Waals surface area contributed by atoms with Gasteiger partial charge >= 0.3 is 0 Å². The van der Waals surface area contributed by atoms with Crippen LogP contribution < -0.4 is 21.5 Å². The average molecular weight is 309 g/mol. The monoisotopic (exact) mass is 309 g/mol. The van der Waals surface area contributed by atoms with Crippen molar-refractivity contribution in [3.05, 3.63) is 70.5 Å². The van der Waals surface area contributed by atoms with E-state index in [0.717, 1.165) is 10.1 Å². The topological polar surface area (TPSA) is 86.3 Å². The van der Waals surface area contributed by atoms with E-state index in [1.54, 1.807) is 55.6 Å². The first-order chi connectivity index (χ1) is 11.1. The van der Waals surface area contributed by atoms with E-state index >= 15 is 0 Å². The van der Waals surface area contributed by atoms with Gasteiger partial charge in [0.15, 0.2) is 0 Å². The summed E-state index contributed by atoms with van der Waals surface area (Å²) in [6.07, 6.45) is 0. The van der Waals surface area contributed by atoms with E-state index in [-0.39, 0.29) is 11.4 Å². The zero-order valence-corrected chi connectivity index (χ0v) is 12.4. The zero-order valence-electron chi connectivity index (χ0n) is 12.4.